The summed E-state index contributed by atoms with van der Waals surface area (Å²) in [5.41, 5.74) is 0.933. The molecule has 3 heterocycles. The van der Waals surface area contributed by atoms with Crippen molar-refractivity contribution in [3.05, 3.63) is 45.2 Å². The number of likely N-dealkylation sites (tertiary alicyclic amines) is 1. The molecule has 2 amide bonds. The van der Waals surface area contributed by atoms with Crippen molar-refractivity contribution in [1.29, 1.82) is 0 Å². The third-order valence-corrected chi connectivity index (χ3v) is 6.92. The van der Waals surface area contributed by atoms with Crippen LogP contribution in [-0.4, -0.2) is 41.9 Å². The van der Waals surface area contributed by atoms with Crippen LogP contribution in [0.5, 0.6) is 5.88 Å². The van der Waals surface area contributed by atoms with Gasteiger partial charge in [-0.3, -0.25) is 9.59 Å². The van der Waals surface area contributed by atoms with E-state index >= 15 is 0 Å². The number of carbonyl (C=O) groups excluding carboxylic acids is 2. The monoisotopic (exact) mass is 477 g/mol. The highest BCUT2D eigenvalue weighted by Gasteiger charge is 2.28. The average Bonchev–Trinajstić information content (AvgIpc) is 3.19. The van der Waals surface area contributed by atoms with E-state index < -0.39 is 0 Å². The summed E-state index contributed by atoms with van der Waals surface area (Å²) in [6, 6.07) is 7.05. The molecule has 1 atom stereocenters. The lowest BCUT2D eigenvalue weighted by atomic mass is 9.87. The second kappa shape index (κ2) is 10.7. The van der Waals surface area contributed by atoms with Crippen LogP contribution >= 0.6 is 22.9 Å². The van der Waals surface area contributed by atoms with Gasteiger partial charge in [0.1, 0.15) is 0 Å². The molecule has 174 valence electrons. The standard InChI is InChI=1S/C24H32ClN3O3S/c1-24(2,3)14-22(29)28-11-9-16(10-12-28)13-18(17-5-8-21(31-4)26-15-17)27-23(30)19-6-7-20(25)32-19/h5-8,15-16,18H,9-14H2,1-4H3,(H,27,30)/t18-/m0/s1. The SMILES string of the molecule is COc1ccc([C@H](CC2CCN(C(=O)CC(C)(C)C)CC2)NC(=O)c2ccc(Cl)s2)cn1. The summed E-state index contributed by atoms with van der Waals surface area (Å²) < 4.78 is 5.76. The Morgan fingerprint density at radius 1 is 1.25 bits per heavy atom. The van der Waals surface area contributed by atoms with Crippen molar-refractivity contribution in [3.63, 3.8) is 0 Å². The Balaban J connectivity index is 1.66. The second-order valence-corrected chi connectivity index (χ2v) is 11.3. The van der Waals surface area contributed by atoms with E-state index in [2.05, 4.69) is 31.1 Å². The van der Waals surface area contributed by atoms with Crippen LogP contribution < -0.4 is 10.1 Å². The number of thiophene rings is 1. The largest absolute Gasteiger partial charge is 0.481 e. The first-order valence-corrected chi connectivity index (χ1v) is 12.2. The molecule has 32 heavy (non-hydrogen) atoms. The van der Waals surface area contributed by atoms with Crippen molar-refractivity contribution in [3.8, 4) is 5.88 Å². The number of rotatable bonds is 7. The molecule has 1 aliphatic rings. The molecule has 6 nitrogen and oxygen atoms in total. The average molecular weight is 478 g/mol. The molecule has 1 fully saturated rings. The lowest BCUT2D eigenvalue weighted by Crippen LogP contribution is -2.40. The second-order valence-electron chi connectivity index (χ2n) is 9.56. The Morgan fingerprint density at radius 3 is 2.50 bits per heavy atom. The number of nitrogens with one attached hydrogen (secondary N) is 1. The summed E-state index contributed by atoms with van der Waals surface area (Å²) in [5.74, 6) is 1.04. The number of carbonyl (C=O) groups is 2. The summed E-state index contributed by atoms with van der Waals surface area (Å²) in [4.78, 5) is 32.3. The Bertz CT molecular complexity index is 915. The molecule has 3 rings (SSSR count). The van der Waals surface area contributed by atoms with Crippen molar-refractivity contribution in [2.75, 3.05) is 20.2 Å². The van der Waals surface area contributed by atoms with Gasteiger partial charge in [0.15, 0.2) is 0 Å². The van der Waals surface area contributed by atoms with Crippen molar-refractivity contribution in [2.45, 2.75) is 52.5 Å². The molecule has 0 aromatic carbocycles. The molecule has 1 saturated heterocycles. The van der Waals surface area contributed by atoms with Crippen LogP contribution in [0.2, 0.25) is 4.34 Å². The zero-order valence-corrected chi connectivity index (χ0v) is 20.8. The highest BCUT2D eigenvalue weighted by atomic mass is 35.5. The quantitative estimate of drug-likeness (QED) is 0.584. The molecule has 8 heteroatoms. The van der Waals surface area contributed by atoms with Crippen molar-refractivity contribution >= 4 is 34.8 Å². The normalized spacial score (nSPS) is 16.0. The zero-order chi connectivity index (χ0) is 23.3. The maximum Gasteiger partial charge on any atom is 0.261 e. The van der Waals surface area contributed by atoms with Gasteiger partial charge >= 0.3 is 0 Å². The summed E-state index contributed by atoms with van der Waals surface area (Å²) >= 11 is 7.28. The third kappa shape index (κ3) is 6.94. The topological polar surface area (TPSA) is 71.5 Å². The first-order valence-electron chi connectivity index (χ1n) is 11.0. The van der Waals surface area contributed by atoms with Gasteiger partial charge in [-0.05, 0) is 48.3 Å². The van der Waals surface area contributed by atoms with E-state index in [1.807, 2.05) is 17.0 Å². The Morgan fingerprint density at radius 2 is 1.97 bits per heavy atom. The first-order chi connectivity index (χ1) is 15.1. The molecule has 1 aliphatic heterocycles. The lowest BCUT2D eigenvalue weighted by molar-refractivity contribution is -0.134. The molecular formula is C24H32ClN3O3S. The zero-order valence-electron chi connectivity index (χ0n) is 19.2. The van der Waals surface area contributed by atoms with E-state index in [0.717, 1.165) is 37.9 Å². The first kappa shape index (κ1) is 24.5. The number of aromatic nitrogens is 1. The molecular weight excluding hydrogens is 446 g/mol. The Hall–Kier alpha value is -2.12. The number of pyridine rings is 1. The fourth-order valence-electron chi connectivity index (χ4n) is 3.98. The van der Waals surface area contributed by atoms with Gasteiger partial charge < -0.3 is 15.0 Å². The molecule has 0 bridgehead atoms. The van der Waals surface area contributed by atoms with Gasteiger partial charge in [0.25, 0.3) is 5.91 Å². The van der Waals surface area contributed by atoms with E-state index in [4.69, 9.17) is 16.3 Å². The van der Waals surface area contributed by atoms with Gasteiger partial charge in [-0.1, -0.05) is 38.4 Å². The van der Waals surface area contributed by atoms with E-state index in [9.17, 15) is 9.59 Å². The van der Waals surface area contributed by atoms with Crippen molar-refractivity contribution in [1.82, 2.24) is 15.2 Å². The summed E-state index contributed by atoms with van der Waals surface area (Å²) in [7, 11) is 1.58. The van der Waals surface area contributed by atoms with E-state index in [-0.39, 0.29) is 23.3 Å². The minimum Gasteiger partial charge on any atom is -0.481 e. The van der Waals surface area contributed by atoms with Crippen LogP contribution in [0.1, 0.15) is 67.7 Å². The number of methoxy groups -OCH3 is 1. The number of amides is 2. The fraction of sp³-hybridized carbons (Fsp3) is 0.542. The smallest absolute Gasteiger partial charge is 0.261 e. The van der Waals surface area contributed by atoms with E-state index in [0.29, 0.717) is 27.4 Å². The Labute approximate surface area is 199 Å². The molecule has 0 unspecified atom stereocenters. The molecule has 0 spiro atoms. The minimum absolute atomic E-state index is 0.00460. The molecule has 0 radical (unpaired) electrons. The number of hydrogen-bond acceptors (Lipinski definition) is 5. The maximum absolute atomic E-state index is 12.8. The number of halogens is 1. The lowest BCUT2D eigenvalue weighted by Gasteiger charge is -2.35. The van der Waals surface area contributed by atoms with Gasteiger partial charge in [0, 0.05) is 31.8 Å². The molecule has 2 aromatic rings. The molecule has 0 saturated carbocycles. The molecule has 1 N–H and O–H groups in total. The summed E-state index contributed by atoms with van der Waals surface area (Å²) in [6.45, 7) is 7.81. The van der Waals surface area contributed by atoms with Gasteiger partial charge in [0.05, 0.1) is 22.4 Å². The highest BCUT2D eigenvalue weighted by Crippen LogP contribution is 2.31. The van der Waals surface area contributed by atoms with Gasteiger partial charge in [-0.25, -0.2) is 4.98 Å². The molecule has 0 aliphatic carbocycles. The summed E-state index contributed by atoms with van der Waals surface area (Å²) in [6.07, 6.45) is 4.97. The Kier molecular flexibility index (Phi) is 8.17. The number of piperidine rings is 1. The summed E-state index contributed by atoms with van der Waals surface area (Å²) in [5, 5.41) is 3.16. The maximum atomic E-state index is 12.8. The van der Waals surface area contributed by atoms with Crippen LogP contribution in [-0.2, 0) is 4.79 Å². The van der Waals surface area contributed by atoms with Crippen LogP contribution in [0.15, 0.2) is 30.5 Å². The third-order valence-electron chi connectivity index (χ3n) is 5.69. The predicted octanol–water partition coefficient (Wildman–Crippen LogP) is 5.34. The van der Waals surface area contributed by atoms with Gasteiger partial charge in [-0.2, -0.15) is 0 Å². The van der Waals surface area contributed by atoms with E-state index in [1.165, 1.54) is 11.3 Å². The predicted molar refractivity (Wildman–Crippen MR) is 128 cm³/mol. The van der Waals surface area contributed by atoms with Gasteiger partial charge in [0.2, 0.25) is 11.8 Å². The minimum atomic E-state index is -0.177. The van der Waals surface area contributed by atoms with Crippen LogP contribution in [0.3, 0.4) is 0 Å². The van der Waals surface area contributed by atoms with Crippen LogP contribution in [0.25, 0.3) is 0 Å². The number of nitrogens with zero attached hydrogens (tertiary/aromatic N) is 2. The van der Waals surface area contributed by atoms with Crippen molar-refractivity contribution < 1.29 is 14.3 Å². The van der Waals surface area contributed by atoms with E-state index in [1.54, 1.807) is 25.4 Å². The fourth-order valence-corrected chi connectivity index (χ4v) is 4.93. The number of ether oxygens (including phenoxy) is 1. The van der Waals surface area contributed by atoms with Crippen molar-refractivity contribution in [2.24, 2.45) is 11.3 Å². The van der Waals surface area contributed by atoms with Crippen LogP contribution in [0.4, 0.5) is 0 Å². The highest BCUT2D eigenvalue weighted by molar-refractivity contribution is 7.18. The van der Waals surface area contributed by atoms with Gasteiger partial charge in [-0.15, -0.1) is 11.3 Å². The number of hydrogen-bond donors (Lipinski definition) is 1. The van der Waals surface area contributed by atoms with Crippen LogP contribution in [0, 0.1) is 11.3 Å². The molecule has 2 aromatic heterocycles.